The van der Waals surface area contributed by atoms with Gasteiger partial charge in [0.25, 0.3) is 11.5 Å². The van der Waals surface area contributed by atoms with E-state index in [1.54, 1.807) is 11.6 Å². The number of aryl methyl sites for hydroxylation is 1. The van der Waals surface area contributed by atoms with Crippen LogP contribution < -0.4 is 10.9 Å². The molecule has 5 heteroatoms. The molecule has 28 heavy (non-hydrogen) atoms. The van der Waals surface area contributed by atoms with E-state index in [0.717, 1.165) is 43.4 Å². The van der Waals surface area contributed by atoms with Gasteiger partial charge in [0.15, 0.2) is 0 Å². The Morgan fingerprint density at radius 2 is 1.71 bits per heavy atom. The van der Waals surface area contributed by atoms with Crippen LogP contribution in [-0.2, 0) is 13.6 Å². The van der Waals surface area contributed by atoms with Crippen LogP contribution in [0.1, 0.15) is 28.8 Å². The molecule has 0 spiro atoms. The maximum Gasteiger partial charge on any atom is 0.252 e. The third-order valence-electron chi connectivity index (χ3n) is 5.57. The zero-order valence-corrected chi connectivity index (χ0v) is 16.1. The average molecular weight is 375 g/mol. The number of amides is 1. The van der Waals surface area contributed by atoms with Crippen molar-refractivity contribution in [2.24, 2.45) is 7.05 Å². The zero-order valence-electron chi connectivity index (χ0n) is 16.1. The minimum Gasteiger partial charge on any atom is -0.349 e. The molecule has 1 N–H and O–H groups in total. The van der Waals surface area contributed by atoms with Crippen molar-refractivity contribution in [3.8, 4) is 0 Å². The molecule has 1 aliphatic heterocycles. The molecule has 2 heterocycles. The number of benzene rings is 2. The number of piperidine rings is 1. The summed E-state index contributed by atoms with van der Waals surface area (Å²) in [5.41, 5.74) is 2.39. The first-order valence-electron chi connectivity index (χ1n) is 9.78. The third-order valence-corrected chi connectivity index (χ3v) is 5.57. The zero-order chi connectivity index (χ0) is 19.5. The van der Waals surface area contributed by atoms with Crippen molar-refractivity contribution in [1.82, 2.24) is 14.8 Å². The lowest BCUT2D eigenvalue weighted by atomic mass is 10.0. The smallest absolute Gasteiger partial charge is 0.252 e. The molecule has 5 nitrogen and oxygen atoms in total. The molecule has 2 aromatic carbocycles. The van der Waals surface area contributed by atoms with Gasteiger partial charge in [-0.3, -0.25) is 14.5 Å². The summed E-state index contributed by atoms with van der Waals surface area (Å²) in [6, 6.07) is 19.6. The van der Waals surface area contributed by atoms with Gasteiger partial charge in [-0.05, 0) is 24.5 Å². The number of nitrogens with one attached hydrogen (secondary N) is 1. The molecule has 1 aromatic heterocycles. The van der Waals surface area contributed by atoms with Gasteiger partial charge in [0.2, 0.25) is 0 Å². The summed E-state index contributed by atoms with van der Waals surface area (Å²) >= 11 is 0. The number of likely N-dealkylation sites (tertiary alicyclic amines) is 1. The van der Waals surface area contributed by atoms with Crippen molar-refractivity contribution < 1.29 is 4.79 Å². The van der Waals surface area contributed by atoms with Gasteiger partial charge in [0.05, 0.1) is 11.1 Å². The van der Waals surface area contributed by atoms with E-state index < -0.39 is 0 Å². The van der Waals surface area contributed by atoms with Gasteiger partial charge >= 0.3 is 0 Å². The van der Waals surface area contributed by atoms with E-state index >= 15 is 0 Å². The molecule has 1 aliphatic rings. The second-order valence-corrected chi connectivity index (χ2v) is 7.48. The number of pyridine rings is 1. The number of fused-ring (bicyclic) bond motifs is 1. The van der Waals surface area contributed by atoms with Crippen LogP contribution in [0.3, 0.4) is 0 Å². The van der Waals surface area contributed by atoms with Gasteiger partial charge < -0.3 is 9.88 Å². The maximum absolute atomic E-state index is 12.9. The highest BCUT2D eigenvalue weighted by molar-refractivity contribution is 6.06. The van der Waals surface area contributed by atoms with Gasteiger partial charge in [-0.2, -0.15) is 0 Å². The normalized spacial score (nSPS) is 15.6. The standard InChI is InChI=1S/C23H25N3O2/c1-25-21-10-6-5-9-19(21)20(15-22(25)27)23(28)24-18-11-13-26(14-12-18)16-17-7-3-2-4-8-17/h2-10,15,18H,11-14,16H2,1H3,(H,24,28). The average Bonchev–Trinajstić information content (AvgIpc) is 2.73. The Morgan fingerprint density at radius 1 is 1.04 bits per heavy atom. The van der Waals surface area contributed by atoms with Crippen molar-refractivity contribution in [2.75, 3.05) is 13.1 Å². The van der Waals surface area contributed by atoms with Crippen LogP contribution in [0.2, 0.25) is 0 Å². The van der Waals surface area contributed by atoms with Crippen molar-refractivity contribution in [2.45, 2.75) is 25.4 Å². The summed E-state index contributed by atoms with van der Waals surface area (Å²) in [5, 5.41) is 3.95. The van der Waals surface area contributed by atoms with Crippen LogP contribution >= 0.6 is 0 Å². The third kappa shape index (κ3) is 3.85. The van der Waals surface area contributed by atoms with Crippen molar-refractivity contribution in [3.05, 3.63) is 82.1 Å². The molecule has 0 saturated carbocycles. The van der Waals surface area contributed by atoms with E-state index in [4.69, 9.17) is 0 Å². The Labute approximate surface area is 164 Å². The molecule has 0 aliphatic carbocycles. The van der Waals surface area contributed by atoms with Crippen LogP contribution in [0.25, 0.3) is 10.9 Å². The predicted octanol–water partition coefficient (Wildman–Crippen LogP) is 2.93. The highest BCUT2D eigenvalue weighted by Gasteiger charge is 2.22. The Morgan fingerprint density at radius 3 is 2.46 bits per heavy atom. The molecule has 3 aromatic rings. The topological polar surface area (TPSA) is 54.3 Å². The number of hydrogen-bond acceptors (Lipinski definition) is 3. The number of aromatic nitrogens is 1. The molecule has 0 atom stereocenters. The second-order valence-electron chi connectivity index (χ2n) is 7.48. The van der Waals surface area contributed by atoms with Gasteiger partial charge in [0.1, 0.15) is 0 Å². The first-order chi connectivity index (χ1) is 13.6. The molecule has 1 amide bonds. The van der Waals surface area contributed by atoms with E-state index in [2.05, 4.69) is 34.5 Å². The fourth-order valence-corrected chi connectivity index (χ4v) is 3.94. The van der Waals surface area contributed by atoms with E-state index in [9.17, 15) is 9.59 Å². The lowest BCUT2D eigenvalue weighted by molar-refractivity contribution is 0.0910. The van der Waals surface area contributed by atoms with Crippen molar-refractivity contribution in [3.63, 3.8) is 0 Å². The van der Waals surface area contributed by atoms with Crippen molar-refractivity contribution in [1.29, 1.82) is 0 Å². The lowest BCUT2D eigenvalue weighted by Crippen LogP contribution is -2.44. The molecule has 1 saturated heterocycles. The van der Waals surface area contributed by atoms with E-state index in [1.807, 2.05) is 30.3 Å². The van der Waals surface area contributed by atoms with Crippen LogP contribution in [0, 0.1) is 0 Å². The fourth-order valence-electron chi connectivity index (χ4n) is 3.94. The molecular weight excluding hydrogens is 350 g/mol. The number of carbonyl (C=O) groups excluding carboxylic acids is 1. The molecule has 0 bridgehead atoms. The Hall–Kier alpha value is -2.92. The first-order valence-corrected chi connectivity index (χ1v) is 9.78. The van der Waals surface area contributed by atoms with Gasteiger partial charge in [-0.1, -0.05) is 48.5 Å². The quantitative estimate of drug-likeness (QED) is 0.763. The molecule has 4 rings (SSSR count). The van der Waals surface area contributed by atoms with E-state index in [1.165, 1.54) is 11.6 Å². The van der Waals surface area contributed by atoms with Gasteiger partial charge in [0, 0.05) is 44.2 Å². The molecule has 0 unspecified atom stereocenters. The highest BCUT2D eigenvalue weighted by Crippen LogP contribution is 2.18. The van der Waals surface area contributed by atoms with Crippen LogP contribution in [0.5, 0.6) is 0 Å². The second kappa shape index (κ2) is 7.98. The molecular formula is C23H25N3O2. The van der Waals surface area contributed by atoms with Gasteiger partial charge in [-0.25, -0.2) is 0 Å². The molecule has 144 valence electrons. The van der Waals surface area contributed by atoms with E-state index in [0.29, 0.717) is 5.56 Å². The minimum absolute atomic E-state index is 0.141. The Kier molecular flexibility index (Phi) is 5.26. The largest absolute Gasteiger partial charge is 0.349 e. The summed E-state index contributed by atoms with van der Waals surface area (Å²) in [7, 11) is 1.73. The lowest BCUT2D eigenvalue weighted by Gasteiger charge is -2.32. The van der Waals surface area contributed by atoms with Crippen molar-refractivity contribution >= 4 is 16.8 Å². The Bertz CT molecular complexity index is 1030. The number of hydrogen-bond donors (Lipinski definition) is 1. The fraction of sp³-hybridized carbons (Fsp3) is 0.304. The van der Waals surface area contributed by atoms with Gasteiger partial charge in [-0.15, -0.1) is 0 Å². The highest BCUT2D eigenvalue weighted by atomic mass is 16.2. The number of para-hydroxylation sites is 1. The summed E-state index contributed by atoms with van der Waals surface area (Å²) in [6.45, 7) is 2.86. The number of carbonyl (C=O) groups is 1. The number of rotatable bonds is 4. The SMILES string of the molecule is Cn1c(=O)cc(C(=O)NC2CCN(Cc3ccccc3)CC2)c2ccccc21. The summed E-state index contributed by atoms with van der Waals surface area (Å²) in [6.07, 6.45) is 1.84. The summed E-state index contributed by atoms with van der Waals surface area (Å²) in [5.74, 6) is -0.157. The number of nitrogens with zero attached hydrogens (tertiary/aromatic N) is 2. The predicted molar refractivity (Wildman–Crippen MR) is 111 cm³/mol. The van der Waals surface area contributed by atoms with E-state index in [-0.39, 0.29) is 17.5 Å². The Balaban J connectivity index is 1.42. The van der Waals surface area contributed by atoms with Crippen LogP contribution in [0.15, 0.2) is 65.5 Å². The first kappa shape index (κ1) is 18.4. The summed E-state index contributed by atoms with van der Waals surface area (Å²) < 4.78 is 1.58. The maximum atomic E-state index is 12.9. The van der Waals surface area contributed by atoms with Crippen LogP contribution in [-0.4, -0.2) is 34.5 Å². The molecule has 0 radical (unpaired) electrons. The van der Waals surface area contributed by atoms with Crippen LogP contribution in [0.4, 0.5) is 0 Å². The monoisotopic (exact) mass is 375 g/mol. The minimum atomic E-state index is -0.165. The molecule has 1 fully saturated rings. The summed E-state index contributed by atoms with van der Waals surface area (Å²) in [4.78, 5) is 27.6.